The first kappa shape index (κ1) is 43.1. The van der Waals surface area contributed by atoms with Crippen molar-refractivity contribution in [3.8, 4) is 0 Å². The third kappa shape index (κ3) is 26.8. The normalized spacial score (nSPS) is 13.4. The number of phosphoric acid groups is 1. The Bertz CT molecular complexity index is 1110. The molecule has 1 rings (SSSR count). The Morgan fingerprint density at radius 3 is 1.62 bits per heavy atom. The number of nitrogens with zero attached hydrogens (tertiary/aromatic N) is 5. The van der Waals surface area contributed by atoms with Gasteiger partial charge in [-0.2, -0.15) is 0 Å². The minimum absolute atomic E-state index is 0.01000. The first-order chi connectivity index (χ1) is 18.6. The van der Waals surface area contributed by atoms with Crippen molar-refractivity contribution in [3.05, 3.63) is 0 Å². The summed E-state index contributed by atoms with van der Waals surface area (Å²) in [5.74, 6) is -4.26. The van der Waals surface area contributed by atoms with Gasteiger partial charge in [0.2, 0.25) is 11.9 Å². The van der Waals surface area contributed by atoms with Gasteiger partial charge >= 0.3 is 41.2 Å². The molecule has 1 aliphatic heterocycles. The van der Waals surface area contributed by atoms with Crippen molar-refractivity contribution in [2.45, 2.75) is 6.42 Å². The number of hydrogen-bond donors (Lipinski definition) is 14. The van der Waals surface area contributed by atoms with Crippen LogP contribution in [0.25, 0.3) is 0 Å². The highest BCUT2D eigenvalue weighted by molar-refractivity contribution is 7.50. The molecule has 0 atom stereocenters. The van der Waals surface area contributed by atoms with Crippen LogP contribution in [-0.2, 0) is 28.1 Å². The highest BCUT2D eigenvalue weighted by Crippen LogP contribution is 2.42. The second-order valence-corrected chi connectivity index (χ2v) is 11.2. The average Bonchev–Trinajstić information content (AvgIpc) is 3.09. The number of likely N-dealkylation sites (N-methyl/N-ethyl adjacent to an activating group) is 1. The number of hydrogen-bond acceptors (Lipinski definition) is 8. The van der Waals surface area contributed by atoms with E-state index >= 15 is 0 Å². The van der Waals surface area contributed by atoms with Gasteiger partial charge in [0.1, 0.15) is 13.1 Å². The fourth-order valence-electron chi connectivity index (χ4n) is 2.04. The molecule has 0 aromatic heterocycles. The van der Waals surface area contributed by atoms with E-state index in [1.807, 2.05) is 0 Å². The molecule has 0 radical (unpaired) electrons. The SMILES string of the molecule is CN(CC(=O)O)C(N)=NP(=O)(O)O.CN(CCC(=O)O)C(=N)N.N=C1N(CC(=O)O)CCN1P(=O)(O)O.O=P(O)(O)O. The van der Waals surface area contributed by atoms with Gasteiger partial charge in [-0.25, -0.2) is 18.4 Å². The van der Waals surface area contributed by atoms with Crippen LogP contribution in [0.1, 0.15) is 6.42 Å². The topological polar surface area (TPSA) is 430 Å². The van der Waals surface area contributed by atoms with E-state index in [9.17, 15) is 23.5 Å². The van der Waals surface area contributed by atoms with Crippen LogP contribution in [-0.4, -0.2) is 152 Å². The lowest BCUT2D eigenvalue weighted by atomic mass is 10.4. The fourth-order valence-corrected chi connectivity index (χ4v) is 3.18. The van der Waals surface area contributed by atoms with Crippen LogP contribution in [0.5, 0.6) is 0 Å². The predicted octanol–water partition coefficient (Wildman–Crippen LogP) is -4.52. The largest absolute Gasteiger partial charge is 0.481 e. The highest BCUT2D eigenvalue weighted by Gasteiger charge is 2.36. The lowest BCUT2D eigenvalue weighted by Crippen LogP contribution is -2.37. The van der Waals surface area contributed by atoms with Crippen LogP contribution in [0.15, 0.2) is 4.76 Å². The second-order valence-electron chi connectivity index (χ2n) is 7.46. The summed E-state index contributed by atoms with van der Waals surface area (Å²) in [7, 11) is -10.9. The van der Waals surface area contributed by atoms with Crippen molar-refractivity contribution in [2.75, 3.05) is 46.8 Å². The van der Waals surface area contributed by atoms with Gasteiger partial charge in [-0.15, -0.1) is 4.76 Å². The van der Waals surface area contributed by atoms with Gasteiger partial charge in [0, 0.05) is 33.7 Å². The van der Waals surface area contributed by atoms with Crippen LogP contribution in [0.2, 0.25) is 0 Å². The molecule has 0 unspecified atom stereocenters. The van der Waals surface area contributed by atoms with Gasteiger partial charge in [-0.05, 0) is 0 Å². The molecule has 1 heterocycles. The van der Waals surface area contributed by atoms with Crippen LogP contribution in [0.3, 0.4) is 0 Å². The van der Waals surface area contributed by atoms with Gasteiger partial charge in [-0.3, -0.25) is 25.2 Å². The van der Waals surface area contributed by atoms with Crippen LogP contribution < -0.4 is 11.5 Å². The Balaban J connectivity index is -0.000000508. The molecular formula is C14H34N9O16P3. The fraction of sp³-hybridized carbons (Fsp3) is 0.571. The summed E-state index contributed by atoms with van der Waals surface area (Å²) in [5.41, 5.74) is 10.1. The van der Waals surface area contributed by atoms with E-state index in [2.05, 4.69) is 4.76 Å². The second kappa shape index (κ2) is 18.9. The van der Waals surface area contributed by atoms with Gasteiger partial charge in [0.05, 0.1) is 6.42 Å². The lowest BCUT2D eigenvalue weighted by molar-refractivity contribution is -0.138. The van der Waals surface area contributed by atoms with E-state index < -0.39 is 66.2 Å². The molecule has 0 amide bonds. The molecule has 0 aliphatic carbocycles. The van der Waals surface area contributed by atoms with E-state index in [4.69, 9.17) is 76.4 Å². The molecule has 0 saturated carbocycles. The molecule has 28 heteroatoms. The Morgan fingerprint density at radius 2 is 1.33 bits per heavy atom. The van der Waals surface area contributed by atoms with Crippen molar-refractivity contribution >= 4 is 59.1 Å². The third-order valence-corrected chi connectivity index (χ3v) is 5.32. The zero-order chi connectivity index (χ0) is 34.2. The Hall–Kier alpha value is -3.37. The molecule has 0 spiro atoms. The number of rotatable bonds is 9. The molecule has 42 heavy (non-hydrogen) atoms. The number of aliphatic carboxylic acids is 3. The van der Waals surface area contributed by atoms with E-state index in [1.165, 1.54) is 11.9 Å². The Kier molecular flexibility index (Phi) is 19.4. The predicted molar refractivity (Wildman–Crippen MR) is 141 cm³/mol. The molecule has 1 fully saturated rings. The maximum atomic E-state index is 10.8. The molecule has 0 aromatic rings. The average molecular weight is 677 g/mol. The Labute approximate surface area is 236 Å². The van der Waals surface area contributed by atoms with Crippen molar-refractivity contribution in [3.63, 3.8) is 0 Å². The van der Waals surface area contributed by atoms with E-state index in [-0.39, 0.29) is 32.0 Å². The van der Waals surface area contributed by atoms with Crippen molar-refractivity contribution in [1.82, 2.24) is 19.4 Å². The van der Waals surface area contributed by atoms with Crippen molar-refractivity contribution in [1.29, 1.82) is 10.8 Å². The number of nitrogens with two attached hydrogens (primary N) is 2. The smallest absolute Gasteiger partial charge is 0.466 e. The monoisotopic (exact) mass is 677 g/mol. The summed E-state index contributed by atoms with van der Waals surface area (Å²) < 4.78 is 33.3. The zero-order valence-corrected chi connectivity index (χ0v) is 24.6. The molecule has 0 aromatic carbocycles. The van der Waals surface area contributed by atoms with Gasteiger partial charge in [0.15, 0.2) is 5.96 Å². The minimum atomic E-state index is -4.64. The summed E-state index contributed by atoms with van der Waals surface area (Å²) in [5, 5.41) is 39.1. The summed E-state index contributed by atoms with van der Waals surface area (Å²) in [4.78, 5) is 89.6. The number of nitrogens with one attached hydrogen (secondary N) is 2. The minimum Gasteiger partial charge on any atom is -0.481 e. The van der Waals surface area contributed by atoms with Crippen molar-refractivity contribution in [2.24, 2.45) is 16.2 Å². The van der Waals surface area contributed by atoms with Crippen LogP contribution >= 0.6 is 23.3 Å². The van der Waals surface area contributed by atoms with Gasteiger partial charge in [-0.1, -0.05) is 0 Å². The molecule has 1 saturated heterocycles. The summed E-state index contributed by atoms with van der Waals surface area (Å²) >= 11 is 0. The molecule has 1 aliphatic rings. The number of carboxylic acids is 3. The van der Waals surface area contributed by atoms with E-state index in [1.54, 1.807) is 7.05 Å². The first-order valence-electron chi connectivity index (χ1n) is 10.4. The van der Waals surface area contributed by atoms with Crippen LogP contribution in [0, 0.1) is 10.8 Å². The first-order valence-corrected chi connectivity index (χ1v) is 15.1. The van der Waals surface area contributed by atoms with E-state index in [0.29, 0.717) is 4.67 Å². The maximum Gasteiger partial charge on any atom is 0.466 e. The standard InChI is InChI=1S/C5H10N3O5P.C5H11N3O2.C4H10N3O5P.H3O4P/c6-5-7(3-4(9)10)1-2-8(5)14(11,12)13;1-8(5(6)7)3-2-4(9)10;1-7(2-3(8)9)4(5)6-13(10,11)12;1-5(2,3)4/h6H,1-3H2,(H,9,10)(H2,11,12,13);2-3H2,1H3,(H3,6,7)(H,9,10);2H2,1H3,(H,8,9)(H4,5,6,10,11,12);(H3,1,2,3,4). The summed E-state index contributed by atoms with van der Waals surface area (Å²) in [6, 6.07) is 0. The Morgan fingerprint density at radius 1 is 0.881 bits per heavy atom. The number of carboxylic acid groups (broad SMARTS) is 3. The summed E-state index contributed by atoms with van der Waals surface area (Å²) in [6.45, 7) is -0.512. The number of guanidine groups is 3. The van der Waals surface area contributed by atoms with Crippen molar-refractivity contribution < 1.29 is 77.7 Å². The third-order valence-electron chi connectivity index (χ3n) is 3.83. The molecular weight excluding hydrogens is 643 g/mol. The quantitative estimate of drug-likeness (QED) is 0.0620. The lowest BCUT2D eigenvalue weighted by Gasteiger charge is -2.20. The molecule has 16 N–H and O–H groups in total. The molecule has 246 valence electrons. The van der Waals surface area contributed by atoms with Gasteiger partial charge in [0.25, 0.3) is 0 Å². The van der Waals surface area contributed by atoms with E-state index in [0.717, 1.165) is 9.80 Å². The molecule has 25 nitrogen and oxygen atoms in total. The highest BCUT2D eigenvalue weighted by atomic mass is 31.2. The number of carbonyl (C=O) groups is 3. The maximum absolute atomic E-state index is 10.8. The summed E-state index contributed by atoms with van der Waals surface area (Å²) in [6.07, 6.45) is 0.01000. The van der Waals surface area contributed by atoms with Gasteiger partial charge < -0.3 is 75.7 Å². The molecule has 0 bridgehead atoms. The zero-order valence-electron chi connectivity index (χ0n) is 21.9. The van der Waals surface area contributed by atoms with Crippen LogP contribution in [0.4, 0.5) is 0 Å².